The van der Waals surface area contributed by atoms with Crippen LogP contribution in [0.2, 0.25) is 0 Å². The van der Waals surface area contributed by atoms with Crippen LogP contribution in [-0.2, 0) is 26.7 Å². The van der Waals surface area contributed by atoms with Crippen molar-refractivity contribution in [3.8, 4) is 23.1 Å². The minimum atomic E-state index is -4.21. The number of methoxy groups -OCH3 is 1. The van der Waals surface area contributed by atoms with E-state index in [-0.39, 0.29) is 68.6 Å². The number of halogens is 1. The van der Waals surface area contributed by atoms with Gasteiger partial charge in [0.15, 0.2) is 0 Å². The summed E-state index contributed by atoms with van der Waals surface area (Å²) in [6, 6.07) is 14.0. The zero-order chi connectivity index (χ0) is 26.7. The fraction of sp³-hybridized carbons (Fsp3) is 0.296. The number of sulfonamides is 1. The molecule has 10 heteroatoms. The Balaban J connectivity index is 0.00000481. The number of nitrogens with zero attached hydrogens (tertiary/aromatic N) is 2. The van der Waals surface area contributed by atoms with E-state index in [1.165, 1.54) is 43.6 Å². The number of benzene rings is 2. The van der Waals surface area contributed by atoms with Gasteiger partial charge in [-0.25, -0.2) is 22.5 Å². The molecule has 0 aliphatic heterocycles. The number of rotatable bonds is 8. The number of pyridine rings is 1. The number of hydrogen-bond acceptors (Lipinski definition) is 6. The molecule has 0 fully saturated rings. The molecule has 0 bridgehead atoms. The Morgan fingerprint density at radius 1 is 1.19 bits per heavy atom. The molecule has 0 saturated carbocycles. The summed E-state index contributed by atoms with van der Waals surface area (Å²) in [5.41, 5.74) is 1.73. The fourth-order valence-electron chi connectivity index (χ4n) is 3.84. The van der Waals surface area contributed by atoms with Crippen LogP contribution in [0, 0.1) is 17.1 Å². The van der Waals surface area contributed by atoms with Crippen LogP contribution < -0.4 is 9.46 Å². The third-order valence-corrected chi connectivity index (χ3v) is 7.23. The molecule has 1 N–H and O–H groups in total. The maximum absolute atomic E-state index is 14.6. The van der Waals surface area contributed by atoms with Gasteiger partial charge < -0.3 is 4.74 Å². The first kappa shape index (κ1) is 31.1. The number of nitrogens with one attached hydrogen (secondary N) is 1. The van der Waals surface area contributed by atoms with Gasteiger partial charge in [0, 0.05) is 63.6 Å². The average Bonchev–Trinajstić information content (AvgIpc) is 2.84. The Morgan fingerprint density at radius 3 is 2.51 bits per heavy atom. The van der Waals surface area contributed by atoms with Crippen molar-refractivity contribution in [3.63, 3.8) is 0 Å². The van der Waals surface area contributed by atoms with Crippen molar-refractivity contribution in [1.29, 1.82) is 5.26 Å². The summed E-state index contributed by atoms with van der Waals surface area (Å²) in [5, 5.41) is 9.39. The van der Waals surface area contributed by atoms with Crippen LogP contribution in [0.25, 0.3) is 11.1 Å². The van der Waals surface area contributed by atoms with E-state index in [4.69, 9.17) is 4.74 Å². The molecule has 3 aromatic rings. The quantitative estimate of drug-likeness (QED) is 0.416. The minimum absolute atomic E-state index is 0. The van der Waals surface area contributed by atoms with E-state index in [1.54, 1.807) is 32.0 Å². The van der Waals surface area contributed by atoms with E-state index in [0.29, 0.717) is 33.7 Å². The maximum Gasteiger partial charge on any atom is 0.264 e. The molecule has 0 spiro atoms. The normalized spacial score (nSPS) is 11.4. The average molecular weight is 549 g/mol. The van der Waals surface area contributed by atoms with Gasteiger partial charge in [0.2, 0.25) is 11.8 Å². The first-order valence-electron chi connectivity index (χ1n) is 11.3. The third-order valence-electron chi connectivity index (χ3n) is 5.86. The third kappa shape index (κ3) is 7.47. The molecule has 0 unspecified atom stereocenters. The molecule has 7 nitrogen and oxygen atoms in total. The molecule has 189 valence electrons. The van der Waals surface area contributed by atoms with E-state index in [1.807, 2.05) is 13.8 Å². The van der Waals surface area contributed by atoms with Crippen molar-refractivity contribution >= 4 is 67.3 Å². The van der Waals surface area contributed by atoms with Crippen molar-refractivity contribution in [2.24, 2.45) is 0 Å². The first-order valence-corrected chi connectivity index (χ1v) is 12.8. The van der Waals surface area contributed by atoms with E-state index in [2.05, 4.69) is 15.8 Å². The van der Waals surface area contributed by atoms with Crippen LogP contribution in [0.4, 0.5) is 4.39 Å². The molecule has 0 saturated heterocycles. The number of carbonyl (C=O) groups is 1. The molecule has 0 aliphatic rings. The van der Waals surface area contributed by atoms with Crippen molar-refractivity contribution in [3.05, 3.63) is 77.2 Å². The van der Waals surface area contributed by atoms with Gasteiger partial charge in [0.1, 0.15) is 5.82 Å². The topological polar surface area (TPSA) is 109 Å². The van der Waals surface area contributed by atoms with Gasteiger partial charge in [0.05, 0.1) is 29.9 Å². The summed E-state index contributed by atoms with van der Waals surface area (Å²) in [6.45, 7) is 7.09. The summed E-state index contributed by atoms with van der Waals surface area (Å²) in [5.74, 6) is -1.05. The van der Waals surface area contributed by atoms with Crippen LogP contribution >= 0.6 is 0 Å². The molecular formula is C27H28FKN3O4S. The number of amides is 1. The predicted octanol–water partition coefficient (Wildman–Crippen LogP) is 4.49. The van der Waals surface area contributed by atoms with Gasteiger partial charge in [-0.3, -0.25) is 4.79 Å². The van der Waals surface area contributed by atoms with Gasteiger partial charge >= 0.3 is 0 Å². The molecule has 2 aromatic carbocycles. The maximum atomic E-state index is 14.6. The Kier molecular flexibility index (Phi) is 10.6. The standard InChI is InChI=1S/C27H28FN3O4S.K/c1-17(2)22-13-20(28)14-23(18-9-10-30-26(11-18)35-5)24(22)15-25(32)31-36(33,34)21-8-6-7-19(12-21)27(3,4)16-29;/h6-14,17H,15H2,1-5H3,(H,31,32);. The summed E-state index contributed by atoms with van der Waals surface area (Å²) in [6.07, 6.45) is 1.22. The molecule has 1 heterocycles. The zero-order valence-corrected chi connectivity index (χ0v) is 25.7. The minimum Gasteiger partial charge on any atom is -0.481 e. The summed E-state index contributed by atoms with van der Waals surface area (Å²) >= 11 is 0. The number of hydrogen-bond donors (Lipinski definition) is 1. The summed E-state index contributed by atoms with van der Waals surface area (Å²) in [7, 11) is -2.75. The molecular weight excluding hydrogens is 520 g/mol. The van der Waals surface area contributed by atoms with E-state index in [9.17, 15) is 22.9 Å². The van der Waals surface area contributed by atoms with Gasteiger partial charge in [-0.15, -0.1) is 0 Å². The molecule has 37 heavy (non-hydrogen) atoms. The predicted molar refractivity (Wildman–Crippen MR) is 140 cm³/mol. The summed E-state index contributed by atoms with van der Waals surface area (Å²) in [4.78, 5) is 17.0. The van der Waals surface area contributed by atoms with Crippen molar-refractivity contribution in [2.45, 2.75) is 50.3 Å². The van der Waals surface area contributed by atoms with Crippen LogP contribution in [0.15, 0.2) is 59.6 Å². The number of ether oxygens (including phenoxy) is 1. The molecule has 3 rings (SSSR count). The number of nitriles is 1. The Morgan fingerprint density at radius 2 is 1.89 bits per heavy atom. The summed E-state index contributed by atoms with van der Waals surface area (Å²) < 4.78 is 47.9. The van der Waals surface area contributed by atoms with Crippen LogP contribution in [0.5, 0.6) is 5.88 Å². The van der Waals surface area contributed by atoms with Gasteiger partial charge in [-0.2, -0.15) is 5.26 Å². The second-order valence-corrected chi connectivity index (χ2v) is 10.9. The van der Waals surface area contributed by atoms with Crippen molar-refractivity contribution in [1.82, 2.24) is 9.71 Å². The van der Waals surface area contributed by atoms with Crippen LogP contribution in [0.3, 0.4) is 0 Å². The van der Waals surface area contributed by atoms with Crippen LogP contribution in [0.1, 0.15) is 50.3 Å². The zero-order valence-electron chi connectivity index (χ0n) is 21.8. The number of carbonyl (C=O) groups excluding carboxylic acids is 1. The molecule has 0 atom stereocenters. The molecule has 1 aromatic heterocycles. The second kappa shape index (κ2) is 12.6. The smallest absolute Gasteiger partial charge is 0.264 e. The van der Waals surface area contributed by atoms with Gasteiger partial charge in [-0.05, 0) is 77.9 Å². The van der Waals surface area contributed by atoms with E-state index < -0.39 is 27.2 Å². The SMILES string of the molecule is COc1cc(-c2cc(F)cc(C(C)C)c2CC(=O)NS(=O)(=O)c2cccc(C(C)(C)C#N)c2)ccn1.[K]. The Hall–Kier alpha value is -2.13. The monoisotopic (exact) mass is 548 g/mol. The van der Waals surface area contributed by atoms with Gasteiger partial charge in [0.25, 0.3) is 10.0 Å². The van der Waals surface area contributed by atoms with Crippen LogP contribution in [-0.4, -0.2) is 77.8 Å². The fourth-order valence-corrected chi connectivity index (χ4v) is 4.87. The van der Waals surface area contributed by atoms with Crippen molar-refractivity contribution < 1.29 is 22.3 Å². The molecule has 1 amide bonds. The van der Waals surface area contributed by atoms with E-state index >= 15 is 0 Å². The van der Waals surface area contributed by atoms with E-state index in [0.717, 1.165) is 0 Å². The Bertz CT molecular complexity index is 1450. The Labute approximate surface area is 259 Å². The molecule has 1 radical (unpaired) electrons. The second-order valence-electron chi connectivity index (χ2n) is 9.23. The largest absolute Gasteiger partial charge is 0.481 e. The number of aromatic nitrogens is 1. The van der Waals surface area contributed by atoms with Gasteiger partial charge in [-0.1, -0.05) is 26.0 Å². The van der Waals surface area contributed by atoms with Crippen molar-refractivity contribution in [2.75, 3.05) is 7.11 Å². The first-order chi connectivity index (χ1) is 16.9. The molecule has 0 aliphatic carbocycles.